The van der Waals surface area contributed by atoms with Crippen LogP contribution in [-0.4, -0.2) is 30.8 Å². The smallest absolute Gasteiger partial charge is 0.0782 e. The van der Waals surface area contributed by atoms with E-state index in [9.17, 15) is 0 Å². The molecule has 0 aromatic carbocycles. The van der Waals surface area contributed by atoms with E-state index in [1.54, 1.807) is 0 Å². The van der Waals surface area contributed by atoms with Gasteiger partial charge in [-0.25, -0.2) is 0 Å². The average molecular weight is 279 g/mol. The van der Waals surface area contributed by atoms with E-state index < -0.39 is 0 Å². The van der Waals surface area contributed by atoms with Crippen molar-refractivity contribution in [1.29, 1.82) is 0 Å². The van der Waals surface area contributed by atoms with Gasteiger partial charge >= 0.3 is 0 Å². The predicted molar refractivity (Wildman–Crippen MR) is 66.6 cm³/mol. The summed E-state index contributed by atoms with van der Waals surface area (Å²) in [5.41, 5.74) is 0.0781. The maximum Gasteiger partial charge on any atom is 0.0782 e. The lowest BCUT2D eigenvalue weighted by molar-refractivity contribution is -0.0803. The van der Waals surface area contributed by atoms with Crippen LogP contribution in [0.2, 0.25) is 0 Å². The molecule has 2 nitrogen and oxygen atoms in total. The van der Waals surface area contributed by atoms with E-state index in [1.807, 2.05) is 6.92 Å². The number of hydrogen-bond acceptors (Lipinski definition) is 2. The minimum Gasteiger partial charge on any atom is -0.379 e. The van der Waals surface area contributed by atoms with Crippen LogP contribution in [-0.2, 0) is 9.47 Å². The van der Waals surface area contributed by atoms with Crippen molar-refractivity contribution in [3.8, 4) is 0 Å². The normalized spacial score (nSPS) is 31.8. The fourth-order valence-corrected chi connectivity index (χ4v) is 3.04. The standard InChI is InChI=1S/C12H23BrO2/c1-3-14-7-8-15-12(10-13)6-4-5-11(2)9-12/h11H,3-10H2,1-2H3. The van der Waals surface area contributed by atoms with Gasteiger partial charge in [-0.05, 0) is 25.7 Å². The molecule has 0 heterocycles. The maximum atomic E-state index is 6.02. The highest BCUT2D eigenvalue weighted by molar-refractivity contribution is 9.09. The summed E-state index contributed by atoms with van der Waals surface area (Å²) in [6.45, 7) is 6.57. The van der Waals surface area contributed by atoms with Crippen molar-refractivity contribution in [1.82, 2.24) is 0 Å². The van der Waals surface area contributed by atoms with Gasteiger partial charge in [-0.15, -0.1) is 0 Å². The van der Waals surface area contributed by atoms with E-state index >= 15 is 0 Å². The van der Waals surface area contributed by atoms with Crippen LogP contribution in [0.5, 0.6) is 0 Å². The van der Waals surface area contributed by atoms with Crippen LogP contribution in [0.15, 0.2) is 0 Å². The first-order valence-electron chi connectivity index (χ1n) is 6.00. The minimum absolute atomic E-state index is 0.0781. The van der Waals surface area contributed by atoms with Gasteiger partial charge in [0.1, 0.15) is 0 Å². The zero-order valence-electron chi connectivity index (χ0n) is 9.93. The van der Waals surface area contributed by atoms with Gasteiger partial charge < -0.3 is 9.47 Å². The molecule has 0 saturated heterocycles. The Bertz CT molecular complexity index is 175. The van der Waals surface area contributed by atoms with E-state index in [2.05, 4.69) is 22.9 Å². The van der Waals surface area contributed by atoms with E-state index in [0.29, 0.717) is 0 Å². The van der Waals surface area contributed by atoms with Gasteiger partial charge in [0.2, 0.25) is 0 Å². The first-order chi connectivity index (χ1) is 7.22. The summed E-state index contributed by atoms with van der Waals surface area (Å²) in [6.07, 6.45) is 5.02. The second-order valence-corrected chi connectivity index (χ2v) is 5.12. The Morgan fingerprint density at radius 1 is 1.40 bits per heavy atom. The summed E-state index contributed by atoms with van der Waals surface area (Å²) in [7, 11) is 0. The molecule has 1 aliphatic rings. The van der Waals surface area contributed by atoms with E-state index in [4.69, 9.17) is 9.47 Å². The highest BCUT2D eigenvalue weighted by atomic mass is 79.9. The SMILES string of the molecule is CCOCCOC1(CBr)CCCC(C)C1. The third-order valence-corrected chi connectivity index (χ3v) is 4.16. The summed E-state index contributed by atoms with van der Waals surface area (Å²) >= 11 is 3.60. The molecular formula is C12H23BrO2. The van der Waals surface area contributed by atoms with Gasteiger partial charge in [0, 0.05) is 11.9 Å². The minimum atomic E-state index is 0.0781. The summed E-state index contributed by atoms with van der Waals surface area (Å²) < 4.78 is 11.3. The lowest BCUT2D eigenvalue weighted by atomic mass is 9.80. The number of halogens is 1. The third kappa shape index (κ3) is 4.41. The predicted octanol–water partition coefficient (Wildman–Crippen LogP) is 3.38. The molecule has 0 N–H and O–H groups in total. The number of alkyl halides is 1. The van der Waals surface area contributed by atoms with Gasteiger partial charge in [0.05, 0.1) is 18.8 Å². The molecule has 2 unspecified atom stereocenters. The largest absolute Gasteiger partial charge is 0.379 e. The van der Waals surface area contributed by atoms with Crippen LogP contribution in [0, 0.1) is 5.92 Å². The Morgan fingerprint density at radius 3 is 2.80 bits per heavy atom. The molecule has 0 aromatic rings. The third-order valence-electron chi connectivity index (χ3n) is 3.13. The highest BCUT2D eigenvalue weighted by Crippen LogP contribution is 2.36. The summed E-state index contributed by atoms with van der Waals surface area (Å²) in [4.78, 5) is 0. The lowest BCUT2D eigenvalue weighted by Gasteiger charge is -2.38. The molecule has 0 spiro atoms. The Balaban J connectivity index is 2.31. The number of rotatable bonds is 6. The summed E-state index contributed by atoms with van der Waals surface area (Å²) in [5, 5.41) is 0.955. The first-order valence-corrected chi connectivity index (χ1v) is 7.12. The van der Waals surface area contributed by atoms with Crippen molar-refractivity contribution in [2.75, 3.05) is 25.2 Å². The van der Waals surface area contributed by atoms with Crippen molar-refractivity contribution in [2.45, 2.75) is 45.1 Å². The molecular weight excluding hydrogens is 256 g/mol. The molecule has 0 aliphatic heterocycles. The molecule has 0 amide bonds. The van der Waals surface area contributed by atoms with Crippen LogP contribution in [0.3, 0.4) is 0 Å². The molecule has 1 saturated carbocycles. The van der Waals surface area contributed by atoms with E-state index in [-0.39, 0.29) is 5.60 Å². The quantitative estimate of drug-likeness (QED) is 0.548. The van der Waals surface area contributed by atoms with Gasteiger partial charge in [-0.2, -0.15) is 0 Å². The Hall–Kier alpha value is 0.400. The molecule has 3 heteroatoms. The van der Waals surface area contributed by atoms with Crippen LogP contribution in [0.25, 0.3) is 0 Å². The first kappa shape index (κ1) is 13.5. The van der Waals surface area contributed by atoms with Gasteiger partial charge in [0.25, 0.3) is 0 Å². The van der Waals surface area contributed by atoms with Crippen molar-refractivity contribution < 1.29 is 9.47 Å². The zero-order chi connectivity index (χ0) is 11.1. The molecule has 1 aliphatic carbocycles. The second-order valence-electron chi connectivity index (χ2n) is 4.56. The molecule has 15 heavy (non-hydrogen) atoms. The maximum absolute atomic E-state index is 6.02. The topological polar surface area (TPSA) is 18.5 Å². The van der Waals surface area contributed by atoms with Crippen LogP contribution in [0.4, 0.5) is 0 Å². The van der Waals surface area contributed by atoms with Crippen molar-refractivity contribution >= 4 is 15.9 Å². The van der Waals surface area contributed by atoms with Crippen molar-refractivity contribution in [3.05, 3.63) is 0 Å². The van der Waals surface area contributed by atoms with Crippen LogP contribution in [0.1, 0.15) is 39.5 Å². The van der Waals surface area contributed by atoms with Gasteiger partial charge in [0.15, 0.2) is 0 Å². The summed E-state index contributed by atoms with van der Waals surface area (Å²) in [6, 6.07) is 0. The van der Waals surface area contributed by atoms with Crippen LogP contribution < -0.4 is 0 Å². The molecule has 0 bridgehead atoms. The van der Waals surface area contributed by atoms with Gasteiger partial charge in [-0.1, -0.05) is 35.7 Å². The molecule has 2 atom stereocenters. The van der Waals surface area contributed by atoms with Crippen molar-refractivity contribution in [2.24, 2.45) is 5.92 Å². The van der Waals surface area contributed by atoms with Gasteiger partial charge in [-0.3, -0.25) is 0 Å². The van der Waals surface area contributed by atoms with E-state index in [0.717, 1.165) is 31.1 Å². The Morgan fingerprint density at radius 2 is 2.20 bits per heavy atom. The lowest BCUT2D eigenvalue weighted by Crippen LogP contribution is -2.40. The Kier molecular flexibility index (Phi) is 6.17. The monoisotopic (exact) mass is 278 g/mol. The zero-order valence-corrected chi connectivity index (χ0v) is 11.5. The summed E-state index contributed by atoms with van der Waals surface area (Å²) in [5.74, 6) is 0.795. The number of hydrogen-bond donors (Lipinski definition) is 0. The fourth-order valence-electron chi connectivity index (χ4n) is 2.36. The molecule has 0 radical (unpaired) electrons. The van der Waals surface area contributed by atoms with E-state index in [1.165, 1.54) is 25.7 Å². The fraction of sp³-hybridized carbons (Fsp3) is 1.00. The molecule has 0 aromatic heterocycles. The Labute approximate surface area is 102 Å². The molecule has 90 valence electrons. The highest BCUT2D eigenvalue weighted by Gasteiger charge is 2.34. The average Bonchev–Trinajstić information content (AvgIpc) is 2.25. The van der Waals surface area contributed by atoms with Crippen molar-refractivity contribution in [3.63, 3.8) is 0 Å². The number of ether oxygens (including phenoxy) is 2. The second kappa shape index (κ2) is 6.87. The molecule has 1 fully saturated rings. The van der Waals surface area contributed by atoms with Crippen LogP contribution >= 0.6 is 15.9 Å². The molecule has 1 rings (SSSR count).